The average molecular weight is 349 g/mol. The molecule has 1 unspecified atom stereocenters. The maximum Gasteiger partial charge on any atom is 0.249 e. The standard InChI is InChI=1S/C20H19N3O3/c1-25-17-10-6-5-9-15(17)19-21-20(26-22-19)16-11-12-18(24)23(16)13-14-7-3-2-4-8-14/h2-10,16H,11-13H2,1H3. The minimum Gasteiger partial charge on any atom is -0.496 e. The topological polar surface area (TPSA) is 68.5 Å². The van der Waals surface area contributed by atoms with Gasteiger partial charge in [-0.15, -0.1) is 0 Å². The van der Waals surface area contributed by atoms with Crippen LogP contribution in [0.2, 0.25) is 0 Å². The Morgan fingerprint density at radius 2 is 1.92 bits per heavy atom. The quantitative estimate of drug-likeness (QED) is 0.704. The van der Waals surface area contributed by atoms with Gasteiger partial charge in [-0.05, 0) is 24.1 Å². The maximum absolute atomic E-state index is 12.4. The lowest BCUT2D eigenvalue weighted by atomic mass is 10.1. The Morgan fingerprint density at radius 3 is 2.73 bits per heavy atom. The summed E-state index contributed by atoms with van der Waals surface area (Å²) in [5, 5.41) is 4.10. The lowest BCUT2D eigenvalue weighted by Crippen LogP contribution is -2.27. The second-order valence-electron chi connectivity index (χ2n) is 6.22. The molecule has 1 amide bonds. The zero-order valence-electron chi connectivity index (χ0n) is 14.5. The lowest BCUT2D eigenvalue weighted by molar-refractivity contribution is -0.129. The second kappa shape index (κ2) is 7.00. The van der Waals surface area contributed by atoms with E-state index in [0.29, 0.717) is 36.9 Å². The number of rotatable bonds is 5. The van der Waals surface area contributed by atoms with E-state index in [4.69, 9.17) is 9.26 Å². The van der Waals surface area contributed by atoms with Gasteiger partial charge in [0.2, 0.25) is 17.6 Å². The molecular weight excluding hydrogens is 330 g/mol. The van der Waals surface area contributed by atoms with Crippen molar-refractivity contribution in [2.24, 2.45) is 0 Å². The van der Waals surface area contributed by atoms with Gasteiger partial charge in [0, 0.05) is 13.0 Å². The molecule has 0 saturated carbocycles. The summed E-state index contributed by atoms with van der Waals surface area (Å²) in [4.78, 5) is 18.7. The Kier molecular flexibility index (Phi) is 4.39. The summed E-state index contributed by atoms with van der Waals surface area (Å²) in [7, 11) is 1.61. The molecule has 1 saturated heterocycles. The predicted molar refractivity (Wildman–Crippen MR) is 95.3 cm³/mol. The molecule has 26 heavy (non-hydrogen) atoms. The number of benzene rings is 2. The van der Waals surface area contributed by atoms with Crippen LogP contribution < -0.4 is 4.74 Å². The Morgan fingerprint density at radius 1 is 1.15 bits per heavy atom. The van der Waals surface area contributed by atoms with Crippen LogP contribution in [0, 0.1) is 0 Å². The molecule has 2 heterocycles. The van der Waals surface area contributed by atoms with Crippen LogP contribution >= 0.6 is 0 Å². The van der Waals surface area contributed by atoms with Crippen LogP contribution in [0.3, 0.4) is 0 Å². The fraction of sp³-hybridized carbons (Fsp3) is 0.250. The third-order valence-corrected chi connectivity index (χ3v) is 4.60. The minimum atomic E-state index is -0.196. The van der Waals surface area contributed by atoms with Crippen molar-refractivity contribution in [3.63, 3.8) is 0 Å². The van der Waals surface area contributed by atoms with Crippen molar-refractivity contribution >= 4 is 5.91 Å². The molecule has 0 bridgehead atoms. The molecule has 1 fully saturated rings. The molecule has 6 heteroatoms. The van der Waals surface area contributed by atoms with Gasteiger partial charge in [0.1, 0.15) is 11.8 Å². The fourth-order valence-corrected chi connectivity index (χ4v) is 3.28. The van der Waals surface area contributed by atoms with E-state index in [0.717, 1.165) is 11.1 Å². The Bertz CT molecular complexity index is 907. The van der Waals surface area contributed by atoms with Gasteiger partial charge in [0.25, 0.3) is 0 Å². The lowest BCUT2D eigenvalue weighted by Gasteiger charge is -2.22. The smallest absolute Gasteiger partial charge is 0.249 e. The highest BCUT2D eigenvalue weighted by Crippen LogP contribution is 2.35. The molecule has 1 aliphatic heterocycles. The van der Waals surface area contributed by atoms with Crippen molar-refractivity contribution in [1.82, 2.24) is 15.0 Å². The summed E-state index contributed by atoms with van der Waals surface area (Å²) in [5.74, 6) is 1.73. The fourth-order valence-electron chi connectivity index (χ4n) is 3.28. The molecule has 6 nitrogen and oxygen atoms in total. The van der Waals surface area contributed by atoms with Gasteiger partial charge >= 0.3 is 0 Å². The van der Waals surface area contributed by atoms with E-state index in [1.807, 2.05) is 59.5 Å². The number of carbonyl (C=O) groups excluding carboxylic acids is 1. The number of likely N-dealkylation sites (tertiary alicyclic amines) is 1. The highest BCUT2D eigenvalue weighted by Gasteiger charge is 2.36. The van der Waals surface area contributed by atoms with Crippen LogP contribution in [-0.4, -0.2) is 28.1 Å². The summed E-state index contributed by atoms with van der Waals surface area (Å²) >= 11 is 0. The zero-order valence-corrected chi connectivity index (χ0v) is 14.5. The number of aromatic nitrogens is 2. The van der Waals surface area contributed by atoms with Crippen LogP contribution in [0.25, 0.3) is 11.4 Å². The van der Waals surface area contributed by atoms with Gasteiger partial charge < -0.3 is 14.2 Å². The van der Waals surface area contributed by atoms with Gasteiger partial charge in [-0.3, -0.25) is 4.79 Å². The van der Waals surface area contributed by atoms with Gasteiger partial charge in [0.05, 0.1) is 12.7 Å². The molecular formula is C20H19N3O3. The van der Waals surface area contributed by atoms with Crippen molar-refractivity contribution in [2.45, 2.75) is 25.4 Å². The Hall–Kier alpha value is -3.15. The van der Waals surface area contributed by atoms with Crippen LogP contribution in [0.15, 0.2) is 59.1 Å². The number of hydrogen-bond donors (Lipinski definition) is 0. The molecule has 1 atom stereocenters. The second-order valence-corrected chi connectivity index (χ2v) is 6.22. The SMILES string of the molecule is COc1ccccc1-c1noc(C2CCC(=O)N2Cc2ccccc2)n1. The zero-order chi connectivity index (χ0) is 17.9. The normalized spacial score (nSPS) is 16.9. The number of nitrogens with zero attached hydrogens (tertiary/aromatic N) is 3. The first-order chi connectivity index (χ1) is 12.8. The van der Waals surface area contributed by atoms with E-state index >= 15 is 0 Å². The summed E-state index contributed by atoms with van der Waals surface area (Å²) in [6.45, 7) is 0.538. The monoisotopic (exact) mass is 349 g/mol. The van der Waals surface area contributed by atoms with Crippen LogP contribution in [-0.2, 0) is 11.3 Å². The van der Waals surface area contributed by atoms with Crippen molar-refractivity contribution < 1.29 is 14.1 Å². The van der Waals surface area contributed by atoms with Gasteiger partial charge in [0.15, 0.2) is 0 Å². The molecule has 0 N–H and O–H groups in total. The number of para-hydroxylation sites is 1. The first-order valence-corrected chi connectivity index (χ1v) is 8.56. The number of carbonyl (C=O) groups is 1. The first kappa shape index (κ1) is 16.3. The van der Waals surface area contributed by atoms with Crippen molar-refractivity contribution in [2.75, 3.05) is 7.11 Å². The average Bonchev–Trinajstić information content (AvgIpc) is 3.30. The molecule has 1 aliphatic rings. The first-order valence-electron chi connectivity index (χ1n) is 8.56. The van der Waals surface area contributed by atoms with Crippen LogP contribution in [0.4, 0.5) is 0 Å². The predicted octanol–water partition coefficient (Wildman–Crippen LogP) is 3.61. The summed E-state index contributed by atoms with van der Waals surface area (Å²) < 4.78 is 10.9. The van der Waals surface area contributed by atoms with E-state index < -0.39 is 0 Å². The van der Waals surface area contributed by atoms with E-state index in [1.165, 1.54) is 0 Å². The van der Waals surface area contributed by atoms with E-state index in [2.05, 4.69) is 10.1 Å². The number of amides is 1. The van der Waals surface area contributed by atoms with Crippen molar-refractivity contribution in [3.05, 3.63) is 66.1 Å². The van der Waals surface area contributed by atoms with Gasteiger partial charge in [-0.25, -0.2) is 0 Å². The molecule has 4 rings (SSSR count). The minimum absolute atomic E-state index is 0.107. The highest BCUT2D eigenvalue weighted by molar-refractivity contribution is 5.79. The Balaban J connectivity index is 1.61. The van der Waals surface area contributed by atoms with Gasteiger partial charge in [-0.1, -0.05) is 47.6 Å². The van der Waals surface area contributed by atoms with E-state index in [1.54, 1.807) is 7.11 Å². The van der Waals surface area contributed by atoms with Crippen molar-refractivity contribution in [3.8, 4) is 17.1 Å². The van der Waals surface area contributed by atoms with E-state index in [-0.39, 0.29) is 11.9 Å². The molecule has 0 aliphatic carbocycles. The Labute approximate surface area is 151 Å². The third kappa shape index (κ3) is 3.06. The molecule has 132 valence electrons. The number of methoxy groups -OCH3 is 1. The van der Waals surface area contributed by atoms with E-state index in [9.17, 15) is 4.79 Å². The summed E-state index contributed by atoms with van der Waals surface area (Å²) in [5.41, 5.74) is 1.85. The number of ether oxygens (including phenoxy) is 1. The van der Waals surface area contributed by atoms with Gasteiger partial charge in [-0.2, -0.15) is 4.98 Å². The van der Waals surface area contributed by atoms with Crippen molar-refractivity contribution in [1.29, 1.82) is 0 Å². The summed E-state index contributed by atoms with van der Waals surface area (Å²) in [6, 6.07) is 17.3. The maximum atomic E-state index is 12.4. The molecule has 2 aromatic carbocycles. The van der Waals surface area contributed by atoms with Crippen LogP contribution in [0.5, 0.6) is 5.75 Å². The van der Waals surface area contributed by atoms with Crippen LogP contribution in [0.1, 0.15) is 30.3 Å². The highest BCUT2D eigenvalue weighted by atomic mass is 16.5. The largest absolute Gasteiger partial charge is 0.496 e. The third-order valence-electron chi connectivity index (χ3n) is 4.60. The molecule has 3 aromatic rings. The molecule has 0 radical (unpaired) electrons. The molecule has 0 spiro atoms. The number of hydrogen-bond acceptors (Lipinski definition) is 5. The summed E-state index contributed by atoms with van der Waals surface area (Å²) in [6.07, 6.45) is 1.17. The molecule has 1 aromatic heterocycles.